The second-order valence-electron chi connectivity index (χ2n) is 6.37. The zero-order valence-electron chi connectivity index (χ0n) is 15.7. The van der Waals surface area contributed by atoms with Gasteiger partial charge in [-0.05, 0) is 29.8 Å². The maximum absolute atomic E-state index is 12.2. The quantitative estimate of drug-likeness (QED) is 0.697. The molecule has 0 aliphatic heterocycles. The van der Waals surface area contributed by atoms with Crippen molar-refractivity contribution in [3.63, 3.8) is 0 Å². The molecular weight excluding hydrogens is 342 g/mol. The molecule has 2 aromatic heterocycles. The van der Waals surface area contributed by atoms with Crippen LogP contribution in [0.15, 0.2) is 54.9 Å². The van der Waals surface area contributed by atoms with Crippen LogP contribution < -0.4 is 15.0 Å². The van der Waals surface area contributed by atoms with Crippen molar-refractivity contribution < 1.29 is 9.53 Å². The molecule has 0 fully saturated rings. The van der Waals surface area contributed by atoms with Crippen LogP contribution in [0.3, 0.4) is 0 Å². The van der Waals surface area contributed by atoms with Crippen LogP contribution in [0.5, 0.6) is 5.75 Å². The van der Waals surface area contributed by atoms with Gasteiger partial charge < -0.3 is 15.0 Å². The fourth-order valence-corrected chi connectivity index (χ4v) is 2.59. The Balaban J connectivity index is 1.55. The number of methoxy groups -OCH3 is 1. The van der Waals surface area contributed by atoms with Gasteiger partial charge in [-0.25, -0.2) is 0 Å². The molecule has 27 heavy (non-hydrogen) atoms. The molecule has 0 unspecified atom stereocenters. The Kier molecular flexibility index (Phi) is 5.71. The van der Waals surface area contributed by atoms with Crippen LogP contribution in [0.1, 0.15) is 11.3 Å². The topological polar surface area (TPSA) is 72.3 Å². The van der Waals surface area contributed by atoms with Crippen LogP contribution in [0.4, 0.5) is 11.5 Å². The molecule has 140 valence electrons. The summed E-state index contributed by atoms with van der Waals surface area (Å²) in [5, 5.41) is 7.20. The summed E-state index contributed by atoms with van der Waals surface area (Å²) in [5.74, 6) is 1.14. The van der Waals surface area contributed by atoms with E-state index >= 15 is 0 Å². The van der Waals surface area contributed by atoms with Crippen molar-refractivity contribution in [2.75, 3.05) is 31.4 Å². The zero-order chi connectivity index (χ0) is 19.2. The molecule has 0 atom stereocenters. The van der Waals surface area contributed by atoms with Crippen LogP contribution in [0.25, 0.3) is 0 Å². The number of pyridine rings is 1. The van der Waals surface area contributed by atoms with Crippen molar-refractivity contribution in [1.29, 1.82) is 0 Å². The number of hydrogen-bond donors (Lipinski definition) is 1. The minimum atomic E-state index is -0.0968. The van der Waals surface area contributed by atoms with E-state index in [0.717, 1.165) is 16.9 Å². The van der Waals surface area contributed by atoms with Crippen molar-refractivity contribution >= 4 is 17.4 Å². The van der Waals surface area contributed by atoms with Gasteiger partial charge in [0.05, 0.1) is 32.0 Å². The number of ether oxygens (including phenoxy) is 1. The van der Waals surface area contributed by atoms with Gasteiger partial charge in [0.25, 0.3) is 0 Å². The molecule has 1 N–H and O–H groups in total. The lowest BCUT2D eigenvalue weighted by Crippen LogP contribution is -2.15. The summed E-state index contributed by atoms with van der Waals surface area (Å²) < 4.78 is 6.83. The van der Waals surface area contributed by atoms with E-state index in [1.807, 2.05) is 61.6 Å². The summed E-state index contributed by atoms with van der Waals surface area (Å²) >= 11 is 0. The molecule has 1 aromatic carbocycles. The Morgan fingerprint density at radius 3 is 2.56 bits per heavy atom. The predicted octanol–water partition coefficient (Wildman–Crippen LogP) is 2.58. The molecule has 7 nitrogen and oxygen atoms in total. The van der Waals surface area contributed by atoms with Crippen molar-refractivity contribution in [3.8, 4) is 5.75 Å². The van der Waals surface area contributed by atoms with E-state index in [2.05, 4.69) is 15.4 Å². The molecule has 0 aliphatic carbocycles. The number of nitrogens with one attached hydrogen (secondary N) is 1. The van der Waals surface area contributed by atoms with Crippen molar-refractivity contribution in [1.82, 2.24) is 14.8 Å². The number of nitrogens with zero attached hydrogens (tertiary/aromatic N) is 4. The monoisotopic (exact) mass is 365 g/mol. The molecule has 7 heteroatoms. The van der Waals surface area contributed by atoms with E-state index in [4.69, 9.17) is 4.74 Å². The van der Waals surface area contributed by atoms with Crippen LogP contribution >= 0.6 is 0 Å². The average molecular weight is 365 g/mol. The van der Waals surface area contributed by atoms with Crippen molar-refractivity contribution in [2.45, 2.75) is 13.0 Å². The number of aromatic nitrogens is 3. The number of benzene rings is 1. The van der Waals surface area contributed by atoms with E-state index in [1.54, 1.807) is 24.1 Å². The summed E-state index contributed by atoms with van der Waals surface area (Å²) in [4.78, 5) is 18.6. The standard InChI is InChI=1S/C20H23N5O2/c1-24(2)17-7-4-15(5-8-17)12-20(26)22-19-10-11-25(23-19)14-16-6-9-18(27-3)13-21-16/h4-11,13H,12,14H2,1-3H3,(H,22,23,26). The molecule has 3 aromatic rings. The summed E-state index contributed by atoms with van der Waals surface area (Å²) in [6, 6.07) is 13.4. The van der Waals surface area contributed by atoms with Crippen LogP contribution in [-0.2, 0) is 17.8 Å². The molecule has 0 saturated carbocycles. The average Bonchev–Trinajstić information content (AvgIpc) is 3.09. The molecule has 2 heterocycles. The lowest BCUT2D eigenvalue weighted by molar-refractivity contribution is -0.115. The van der Waals surface area contributed by atoms with Gasteiger partial charge in [0.2, 0.25) is 5.91 Å². The largest absolute Gasteiger partial charge is 0.495 e. The van der Waals surface area contributed by atoms with Crippen LogP contribution in [0, 0.1) is 0 Å². The van der Waals surface area contributed by atoms with Gasteiger partial charge in [0, 0.05) is 32.0 Å². The van der Waals surface area contributed by atoms with Crippen molar-refractivity contribution in [3.05, 3.63) is 66.1 Å². The number of amides is 1. The number of anilines is 2. The van der Waals surface area contributed by atoms with Crippen LogP contribution in [0.2, 0.25) is 0 Å². The first-order valence-corrected chi connectivity index (χ1v) is 8.62. The maximum atomic E-state index is 12.2. The lowest BCUT2D eigenvalue weighted by Gasteiger charge is -2.12. The maximum Gasteiger partial charge on any atom is 0.229 e. The van der Waals surface area contributed by atoms with E-state index in [-0.39, 0.29) is 5.91 Å². The molecule has 0 saturated heterocycles. The third kappa shape index (κ3) is 5.07. The Morgan fingerprint density at radius 2 is 1.93 bits per heavy atom. The molecule has 0 bridgehead atoms. The highest BCUT2D eigenvalue weighted by atomic mass is 16.5. The first kappa shape index (κ1) is 18.4. The van der Waals surface area contributed by atoms with Gasteiger partial charge in [0.1, 0.15) is 5.75 Å². The molecule has 0 aliphatic rings. The second-order valence-corrected chi connectivity index (χ2v) is 6.37. The Hall–Kier alpha value is -3.35. The van der Waals surface area contributed by atoms with Crippen molar-refractivity contribution in [2.24, 2.45) is 0 Å². The SMILES string of the molecule is COc1ccc(Cn2ccc(NC(=O)Cc3ccc(N(C)C)cc3)n2)nc1. The van der Waals surface area contributed by atoms with Gasteiger partial charge in [-0.1, -0.05) is 12.1 Å². The highest BCUT2D eigenvalue weighted by molar-refractivity contribution is 5.91. The number of rotatable bonds is 7. The fourth-order valence-electron chi connectivity index (χ4n) is 2.59. The molecule has 3 rings (SSSR count). The highest BCUT2D eigenvalue weighted by Crippen LogP contribution is 2.14. The van der Waals surface area contributed by atoms with Gasteiger partial charge in [-0.3, -0.25) is 14.5 Å². The number of carbonyl (C=O) groups is 1. The summed E-state index contributed by atoms with van der Waals surface area (Å²) in [6.45, 7) is 0.520. The lowest BCUT2D eigenvalue weighted by atomic mass is 10.1. The minimum absolute atomic E-state index is 0.0968. The third-order valence-corrected chi connectivity index (χ3v) is 4.08. The highest BCUT2D eigenvalue weighted by Gasteiger charge is 2.08. The first-order valence-electron chi connectivity index (χ1n) is 8.62. The predicted molar refractivity (Wildman–Crippen MR) is 105 cm³/mol. The molecule has 1 amide bonds. The minimum Gasteiger partial charge on any atom is -0.495 e. The Bertz CT molecular complexity index is 885. The molecular formula is C20H23N5O2. The molecule has 0 radical (unpaired) electrons. The zero-order valence-corrected chi connectivity index (χ0v) is 15.7. The van der Waals surface area contributed by atoms with E-state index in [1.165, 1.54) is 0 Å². The normalized spacial score (nSPS) is 10.5. The first-order chi connectivity index (χ1) is 13.0. The van der Waals surface area contributed by atoms with Crippen LogP contribution in [-0.4, -0.2) is 41.9 Å². The summed E-state index contributed by atoms with van der Waals surface area (Å²) in [5.41, 5.74) is 2.92. The molecule has 0 spiro atoms. The van der Waals surface area contributed by atoms with E-state index in [0.29, 0.717) is 24.5 Å². The van der Waals surface area contributed by atoms with E-state index in [9.17, 15) is 4.79 Å². The number of hydrogen-bond acceptors (Lipinski definition) is 5. The second kappa shape index (κ2) is 8.35. The number of carbonyl (C=O) groups excluding carboxylic acids is 1. The van der Waals surface area contributed by atoms with Gasteiger partial charge in [0.15, 0.2) is 5.82 Å². The Labute approximate surface area is 158 Å². The smallest absolute Gasteiger partial charge is 0.229 e. The third-order valence-electron chi connectivity index (χ3n) is 4.08. The van der Waals surface area contributed by atoms with Gasteiger partial charge in [-0.15, -0.1) is 0 Å². The Morgan fingerprint density at radius 1 is 1.15 bits per heavy atom. The summed E-state index contributed by atoms with van der Waals surface area (Å²) in [7, 11) is 5.58. The van der Waals surface area contributed by atoms with E-state index < -0.39 is 0 Å². The summed E-state index contributed by atoms with van der Waals surface area (Å²) in [6.07, 6.45) is 3.79. The fraction of sp³-hybridized carbons (Fsp3) is 0.250. The van der Waals surface area contributed by atoms with Gasteiger partial charge >= 0.3 is 0 Å². The van der Waals surface area contributed by atoms with Gasteiger partial charge in [-0.2, -0.15) is 5.10 Å².